The lowest BCUT2D eigenvalue weighted by Gasteiger charge is -2.37. The fourth-order valence-electron chi connectivity index (χ4n) is 2.63. The average Bonchev–Trinajstić information content (AvgIpc) is 2.39. The van der Waals surface area contributed by atoms with E-state index in [1.165, 1.54) is 17.8 Å². The number of alkyl halides is 1. The van der Waals surface area contributed by atoms with Crippen molar-refractivity contribution in [1.29, 1.82) is 0 Å². The number of halogens is 2. The molecular formula is C15H22BrClN2. The fraction of sp³-hybridized carbons (Fsp3) is 0.600. The maximum Gasteiger partial charge on any atom is 0.0426 e. The van der Waals surface area contributed by atoms with Gasteiger partial charge in [0.25, 0.3) is 0 Å². The van der Waals surface area contributed by atoms with Crippen molar-refractivity contribution in [2.24, 2.45) is 5.92 Å². The van der Waals surface area contributed by atoms with Gasteiger partial charge in [-0.1, -0.05) is 47.4 Å². The lowest BCUT2D eigenvalue weighted by atomic mass is 10.1. The number of hydrogen-bond acceptors (Lipinski definition) is 2. The summed E-state index contributed by atoms with van der Waals surface area (Å²) < 4.78 is 0. The van der Waals surface area contributed by atoms with Crippen LogP contribution in [0.25, 0.3) is 0 Å². The van der Waals surface area contributed by atoms with Crippen LogP contribution in [0, 0.1) is 5.92 Å². The smallest absolute Gasteiger partial charge is 0.0426 e. The third kappa shape index (κ3) is 4.11. The Labute approximate surface area is 129 Å². The molecule has 0 unspecified atom stereocenters. The quantitative estimate of drug-likeness (QED) is 0.761. The molecule has 1 aliphatic rings. The highest BCUT2D eigenvalue weighted by Crippen LogP contribution is 2.27. The molecule has 0 saturated carbocycles. The van der Waals surface area contributed by atoms with E-state index in [4.69, 9.17) is 11.6 Å². The van der Waals surface area contributed by atoms with Gasteiger partial charge in [-0.15, -0.1) is 0 Å². The molecule has 0 amide bonds. The molecule has 1 aromatic carbocycles. The Balaban J connectivity index is 2.03. The molecule has 0 aromatic heterocycles. The summed E-state index contributed by atoms with van der Waals surface area (Å²) in [6, 6.07) is 6.18. The molecule has 0 bridgehead atoms. The predicted octanol–water partition coefficient (Wildman–Crippen LogP) is 4.01. The van der Waals surface area contributed by atoms with Crippen molar-refractivity contribution < 1.29 is 0 Å². The fourth-order valence-corrected chi connectivity index (χ4v) is 3.27. The highest BCUT2D eigenvalue weighted by Gasteiger charge is 2.19. The monoisotopic (exact) mass is 344 g/mol. The molecule has 1 aliphatic heterocycles. The summed E-state index contributed by atoms with van der Waals surface area (Å²) in [7, 11) is 0. The van der Waals surface area contributed by atoms with Crippen LogP contribution in [0.1, 0.15) is 19.4 Å². The summed E-state index contributed by atoms with van der Waals surface area (Å²) in [5.41, 5.74) is 2.61. The number of hydrogen-bond donors (Lipinski definition) is 0. The first-order chi connectivity index (χ1) is 9.10. The molecule has 1 heterocycles. The van der Waals surface area contributed by atoms with E-state index in [2.05, 4.69) is 51.7 Å². The number of nitrogens with zero attached hydrogens (tertiary/aromatic N) is 2. The van der Waals surface area contributed by atoms with Crippen molar-refractivity contribution in [1.82, 2.24) is 4.90 Å². The van der Waals surface area contributed by atoms with Gasteiger partial charge >= 0.3 is 0 Å². The summed E-state index contributed by atoms with van der Waals surface area (Å²) in [5, 5.41) is 1.70. The second kappa shape index (κ2) is 6.96. The molecule has 19 heavy (non-hydrogen) atoms. The third-order valence-corrected chi connectivity index (χ3v) is 4.37. The van der Waals surface area contributed by atoms with Crippen molar-refractivity contribution in [2.75, 3.05) is 37.6 Å². The van der Waals surface area contributed by atoms with Crippen LogP contribution in [0.4, 0.5) is 5.69 Å². The van der Waals surface area contributed by atoms with Crippen molar-refractivity contribution in [2.45, 2.75) is 19.2 Å². The molecule has 106 valence electrons. The van der Waals surface area contributed by atoms with Gasteiger partial charge in [0.2, 0.25) is 0 Å². The van der Waals surface area contributed by atoms with Crippen molar-refractivity contribution in [3.8, 4) is 0 Å². The van der Waals surface area contributed by atoms with E-state index in [0.29, 0.717) is 0 Å². The Morgan fingerprint density at radius 3 is 2.47 bits per heavy atom. The Hall–Kier alpha value is -0.250. The van der Waals surface area contributed by atoms with E-state index in [0.717, 1.165) is 42.4 Å². The lowest BCUT2D eigenvalue weighted by molar-refractivity contribution is 0.231. The van der Waals surface area contributed by atoms with Crippen LogP contribution in [0.3, 0.4) is 0 Å². The molecule has 0 radical (unpaired) electrons. The van der Waals surface area contributed by atoms with Gasteiger partial charge in [-0.3, -0.25) is 4.90 Å². The van der Waals surface area contributed by atoms with E-state index in [1.54, 1.807) is 0 Å². The average molecular weight is 346 g/mol. The highest BCUT2D eigenvalue weighted by molar-refractivity contribution is 9.08. The molecule has 0 spiro atoms. The Bertz CT molecular complexity index is 415. The summed E-state index contributed by atoms with van der Waals surface area (Å²) in [5.74, 6) is 0.746. The van der Waals surface area contributed by atoms with Gasteiger partial charge in [-0.2, -0.15) is 0 Å². The SMILES string of the molecule is CC(C)CN1CCN(c2cc(Cl)ccc2CBr)CC1. The minimum atomic E-state index is 0.746. The normalized spacial score (nSPS) is 17.2. The van der Waals surface area contributed by atoms with Crippen LogP contribution < -0.4 is 4.90 Å². The van der Waals surface area contributed by atoms with Gasteiger partial charge in [0.05, 0.1) is 0 Å². The minimum Gasteiger partial charge on any atom is -0.369 e. The Morgan fingerprint density at radius 1 is 1.21 bits per heavy atom. The van der Waals surface area contributed by atoms with E-state index >= 15 is 0 Å². The second-order valence-corrected chi connectivity index (χ2v) is 6.59. The Kier molecular flexibility index (Phi) is 5.55. The van der Waals surface area contributed by atoms with Crippen LogP contribution in [0.2, 0.25) is 5.02 Å². The predicted molar refractivity (Wildman–Crippen MR) is 87.6 cm³/mol. The van der Waals surface area contributed by atoms with Gasteiger partial charge in [-0.25, -0.2) is 0 Å². The van der Waals surface area contributed by atoms with Crippen LogP contribution in [-0.4, -0.2) is 37.6 Å². The molecule has 4 heteroatoms. The Morgan fingerprint density at radius 2 is 1.89 bits per heavy atom. The van der Waals surface area contributed by atoms with Crippen molar-refractivity contribution in [3.63, 3.8) is 0 Å². The molecule has 0 atom stereocenters. The summed E-state index contributed by atoms with van der Waals surface area (Å²) in [6.45, 7) is 10.2. The number of anilines is 1. The van der Waals surface area contributed by atoms with Crippen molar-refractivity contribution in [3.05, 3.63) is 28.8 Å². The van der Waals surface area contributed by atoms with E-state index in [1.807, 2.05) is 6.07 Å². The summed E-state index contributed by atoms with van der Waals surface area (Å²) >= 11 is 9.70. The maximum atomic E-state index is 6.14. The zero-order chi connectivity index (χ0) is 13.8. The van der Waals surface area contributed by atoms with Crippen LogP contribution in [-0.2, 0) is 5.33 Å². The topological polar surface area (TPSA) is 6.48 Å². The zero-order valence-corrected chi connectivity index (χ0v) is 14.0. The molecule has 2 rings (SSSR count). The molecule has 1 saturated heterocycles. The van der Waals surface area contributed by atoms with Gasteiger partial charge in [0.1, 0.15) is 0 Å². The van der Waals surface area contributed by atoms with Crippen LogP contribution in [0.5, 0.6) is 0 Å². The first-order valence-electron chi connectivity index (χ1n) is 6.92. The summed E-state index contributed by atoms with van der Waals surface area (Å²) in [6.07, 6.45) is 0. The van der Waals surface area contributed by atoms with E-state index in [9.17, 15) is 0 Å². The maximum absolute atomic E-state index is 6.14. The van der Waals surface area contributed by atoms with Gasteiger partial charge in [0.15, 0.2) is 0 Å². The van der Waals surface area contributed by atoms with Gasteiger partial charge in [-0.05, 0) is 23.6 Å². The second-order valence-electron chi connectivity index (χ2n) is 5.59. The van der Waals surface area contributed by atoms with Crippen LogP contribution >= 0.6 is 27.5 Å². The molecule has 2 nitrogen and oxygen atoms in total. The van der Waals surface area contributed by atoms with Gasteiger partial charge < -0.3 is 4.90 Å². The largest absolute Gasteiger partial charge is 0.369 e. The number of piperazine rings is 1. The number of rotatable bonds is 4. The number of benzene rings is 1. The van der Waals surface area contributed by atoms with E-state index in [-0.39, 0.29) is 0 Å². The van der Waals surface area contributed by atoms with Crippen LogP contribution in [0.15, 0.2) is 18.2 Å². The first-order valence-corrected chi connectivity index (χ1v) is 8.41. The highest BCUT2D eigenvalue weighted by atomic mass is 79.9. The molecular weight excluding hydrogens is 324 g/mol. The van der Waals surface area contributed by atoms with E-state index < -0.39 is 0 Å². The standard InChI is InChI=1S/C15H22BrClN2/c1-12(2)11-18-5-7-19(8-6-18)15-9-14(17)4-3-13(15)10-16/h3-4,9,12H,5-8,10-11H2,1-2H3. The molecule has 0 aliphatic carbocycles. The third-order valence-electron chi connectivity index (χ3n) is 3.53. The van der Waals surface area contributed by atoms with Gasteiger partial charge in [0, 0.05) is 48.8 Å². The lowest BCUT2D eigenvalue weighted by Crippen LogP contribution is -2.47. The molecule has 1 fully saturated rings. The minimum absolute atomic E-state index is 0.746. The van der Waals surface area contributed by atoms with Crippen molar-refractivity contribution >= 4 is 33.2 Å². The summed E-state index contributed by atoms with van der Waals surface area (Å²) in [4.78, 5) is 5.01. The first kappa shape index (κ1) is 15.1. The molecule has 1 aromatic rings. The molecule has 0 N–H and O–H groups in total. The zero-order valence-electron chi connectivity index (χ0n) is 11.7.